The Kier molecular flexibility index (Phi) is 9.35. The lowest BCUT2D eigenvalue weighted by Crippen LogP contribution is -2.60. The number of amides is 2. The highest BCUT2D eigenvalue weighted by molar-refractivity contribution is 8.26. The van der Waals surface area contributed by atoms with Crippen molar-refractivity contribution in [3.8, 4) is 5.75 Å². The van der Waals surface area contributed by atoms with Crippen LogP contribution in [0.5, 0.6) is 5.75 Å². The molecule has 0 radical (unpaired) electrons. The molecule has 4 rings (SSSR count). The van der Waals surface area contributed by atoms with Crippen LogP contribution in [0.3, 0.4) is 0 Å². The van der Waals surface area contributed by atoms with Crippen molar-refractivity contribution in [2.45, 2.75) is 50.1 Å². The quantitative estimate of drug-likeness (QED) is 0.137. The number of carbonyl (C=O) groups excluding carboxylic acids is 2. The summed E-state index contributed by atoms with van der Waals surface area (Å²) in [5.74, 6) is -6.97. The van der Waals surface area contributed by atoms with Crippen LogP contribution in [-0.2, 0) is 11.2 Å². The van der Waals surface area contributed by atoms with E-state index in [0.717, 1.165) is 12.3 Å². The van der Waals surface area contributed by atoms with Gasteiger partial charge in [0.15, 0.2) is 11.4 Å². The Morgan fingerprint density at radius 2 is 1.88 bits per heavy atom. The van der Waals surface area contributed by atoms with Crippen molar-refractivity contribution in [2.24, 2.45) is 5.92 Å². The molecule has 1 aliphatic carbocycles. The second kappa shape index (κ2) is 12.5. The first kappa shape index (κ1) is 32.2. The van der Waals surface area contributed by atoms with Gasteiger partial charge in [0.1, 0.15) is 16.7 Å². The molecule has 1 aromatic heterocycles. The maximum absolute atomic E-state index is 13.9. The summed E-state index contributed by atoms with van der Waals surface area (Å²) in [5, 5.41) is 29.4. The molecule has 2 aliphatic rings. The molecule has 2 fully saturated rings. The third kappa shape index (κ3) is 6.77. The van der Waals surface area contributed by atoms with Gasteiger partial charge in [-0.15, -0.1) is 0 Å². The van der Waals surface area contributed by atoms with Crippen LogP contribution in [0.2, 0.25) is 0 Å². The largest absolute Gasteiger partial charge is 0.503 e. The average Bonchev–Trinajstić information content (AvgIpc) is 3.34. The predicted molar refractivity (Wildman–Crippen MR) is 153 cm³/mol. The number of nitrogens with zero attached hydrogens (tertiary/aromatic N) is 2. The number of alkyl halides is 2. The van der Waals surface area contributed by atoms with Crippen molar-refractivity contribution in [1.82, 2.24) is 20.1 Å². The summed E-state index contributed by atoms with van der Waals surface area (Å²) < 4.78 is 54.3. The molecule has 5 N–H and O–H groups in total. The van der Waals surface area contributed by atoms with E-state index in [4.69, 9.17) is 10.8 Å². The van der Waals surface area contributed by atoms with Crippen LogP contribution in [0.25, 0.3) is 0 Å². The number of carbonyl (C=O) groups is 2. The van der Waals surface area contributed by atoms with Crippen LogP contribution in [0.1, 0.15) is 53.7 Å². The van der Waals surface area contributed by atoms with Crippen LogP contribution in [-0.4, -0.2) is 80.6 Å². The number of rotatable bonds is 7. The summed E-state index contributed by atoms with van der Waals surface area (Å²) in [6.07, 6.45) is 1.75. The van der Waals surface area contributed by atoms with Gasteiger partial charge in [-0.2, -0.15) is 0 Å². The fourth-order valence-electron chi connectivity index (χ4n) is 5.54. The summed E-state index contributed by atoms with van der Waals surface area (Å²) in [6.45, 7) is -0.588. The van der Waals surface area contributed by atoms with Crippen LogP contribution < -0.4 is 10.7 Å². The third-order valence-electron chi connectivity index (χ3n) is 8.16. The van der Waals surface area contributed by atoms with Crippen LogP contribution in [0.4, 0.5) is 17.6 Å². The SMILES string of the molecule is CNC1(N(C)C(=O)c2[nH]cc(C(=N)SC(=N)Cc3ccc(F)cc3F)c(=O)c2O)CCC(C(=O)N2CCC(F)(F)C2)CC1. The highest BCUT2D eigenvalue weighted by Gasteiger charge is 2.46. The Bertz CT molecular complexity index is 1510. The van der Waals surface area contributed by atoms with Crippen LogP contribution >= 0.6 is 11.8 Å². The van der Waals surface area contributed by atoms with E-state index in [-0.39, 0.29) is 41.5 Å². The zero-order valence-corrected chi connectivity index (χ0v) is 24.3. The van der Waals surface area contributed by atoms with Gasteiger partial charge in [-0.3, -0.25) is 30.5 Å². The van der Waals surface area contributed by atoms with E-state index in [1.807, 2.05) is 0 Å². The van der Waals surface area contributed by atoms with Gasteiger partial charge in [0.25, 0.3) is 11.8 Å². The topological polar surface area (TPSA) is 153 Å². The molecule has 1 aliphatic heterocycles. The molecular formula is C28H32F4N6O4S. The van der Waals surface area contributed by atoms with Crippen molar-refractivity contribution in [3.63, 3.8) is 0 Å². The van der Waals surface area contributed by atoms with Gasteiger partial charge < -0.3 is 19.9 Å². The minimum absolute atomic E-state index is 0.00440. The van der Waals surface area contributed by atoms with E-state index in [9.17, 15) is 37.1 Å². The maximum Gasteiger partial charge on any atom is 0.275 e. The summed E-state index contributed by atoms with van der Waals surface area (Å²) >= 11 is 0.538. The van der Waals surface area contributed by atoms with Gasteiger partial charge in [0.2, 0.25) is 11.3 Å². The van der Waals surface area contributed by atoms with E-state index >= 15 is 0 Å². The van der Waals surface area contributed by atoms with Gasteiger partial charge in [-0.25, -0.2) is 17.6 Å². The van der Waals surface area contributed by atoms with E-state index in [1.165, 1.54) is 22.9 Å². The Labute approximate surface area is 248 Å². The third-order valence-corrected chi connectivity index (χ3v) is 8.98. The molecule has 43 heavy (non-hydrogen) atoms. The monoisotopic (exact) mass is 624 g/mol. The summed E-state index contributed by atoms with van der Waals surface area (Å²) in [5.41, 5.74) is -2.69. The lowest BCUT2D eigenvalue weighted by Gasteiger charge is -2.46. The van der Waals surface area contributed by atoms with Gasteiger partial charge in [-0.05, 0) is 44.4 Å². The highest BCUT2D eigenvalue weighted by Crippen LogP contribution is 2.37. The normalized spacial score (nSPS) is 21.4. The first-order chi connectivity index (χ1) is 20.2. The summed E-state index contributed by atoms with van der Waals surface area (Å²) in [7, 11) is 3.10. The van der Waals surface area contributed by atoms with E-state index in [2.05, 4.69) is 10.3 Å². The molecule has 15 heteroatoms. The Balaban J connectivity index is 1.42. The molecule has 2 amide bonds. The molecule has 0 atom stereocenters. The molecule has 2 heterocycles. The number of hydrogen-bond acceptors (Lipinski definition) is 8. The van der Waals surface area contributed by atoms with Crippen molar-refractivity contribution in [1.29, 1.82) is 10.8 Å². The highest BCUT2D eigenvalue weighted by atomic mass is 32.2. The Morgan fingerprint density at radius 3 is 2.47 bits per heavy atom. The van der Waals surface area contributed by atoms with Crippen molar-refractivity contribution in [3.05, 3.63) is 63.1 Å². The van der Waals surface area contributed by atoms with Crippen molar-refractivity contribution < 1.29 is 32.3 Å². The number of thioether (sulfide) groups is 1. The van der Waals surface area contributed by atoms with Crippen molar-refractivity contribution >= 4 is 33.7 Å². The zero-order valence-electron chi connectivity index (χ0n) is 23.5. The zero-order chi connectivity index (χ0) is 31.7. The molecule has 0 bridgehead atoms. The number of nitrogens with one attached hydrogen (secondary N) is 4. The fraction of sp³-hybridized carbons (Fsp3) is 0.464. The van der Waals surface area contributed by atoms with E-state index in [1.54, 1.807) is 7.05 Å². The number of aromatic amines is 1. The first-order valence-corrected chi connectivity index (χ1v) is 14.4. The Hall–Kier alpha value is -3.72. The summed E-state index contributed by atoms with van der Waals surface area (Å²) in [6, 6.07) is 2.89. The van der Waals surface area contributed by atoms with Crippen LogP contribution in [0.15, 0.2) is 29.2 Å². The van der Waals surface area contributed by atoms with Gasteiger partial charge in [0.05, 0.1) is 22.8 Å². The number of likely N-dealkylation sites (tertiary alicyclic amines) is 1. The molecule has 0 spiro atoms. The van der Waals surface area contributed by atoms with E-state index < -0.39 is 63.5 Å². The number of aromatic hydroxyl groups is 1. The number of aromatic nitrogens is 1. The molecule has 10 nitrogen and oxygen atoms in total. The van der Waals surface area contributed by atoms with Gasteiger partial charge in [0, 0.05) is 44.6 Å². The molecule has 2 aromatic rings. The molecule has 1 saturated carbocycles. The number of H-pyrrole nitrogens is 1. The number of halogens is 4. The Morgan fingerprint density at radius 1 is 1.21 bits per heavy atom. The maximum atomic E-state index is 13.9. The lowest BCUT2D eigenvalue weighted by atomic mass is 9.80. The molecule has 1 aromatic carbocycles. The van der Waals surface area contributed by atoms with E-state index in [0.29, 0.717) is 43.5 Å². The lowest BCUT2D eigenvalue weighted by molar-refractivity contribution is -0.138. The molecule has 1 saturated heterocycles. The number of hydrogen-bond donors (Lipinski definition) is 5. The predicted octanol–water partition coefficient (Wildman–Crippen LogP) is 3.68. The summed E-state index contributed by atoms with van der Waals surface area (Å²) in [4.78, 5) is 44.3. The van der Waals surface area contributed by atoms with Crippen LogP contribution in [0, 0.1) is 28.4 Å². The van der Waals surface area contributed by atoms with Crippen molar-refractivity contribution in [2.75, 3.05) is 27.2 Å². The minimum Gasteiger partial charge on any atom is -0.503 e. The van der Waals surface area contributed by atoms with Gasteiger partial charge in [-0.1, -0.05) is 17.8 Å². The first-order valence-electron chi connectivity index (χ1n) is 13.5. The minimum atomic E-state index is -2.89. The van der Waals surface area contributed by atoms with Gasteiger partial charge >= 0.3 is 0 Å². The average molecular weight is 625 g/mol. The number of pyridine rings is 1. The molecule has 0 unspecified atom stereocenters. The second-order valence-electron chi connectivity index (χ2n) is 10.8. The second-order valence-corrected chi connectivity index (χ2v) is 11.9. The standard InChI is InChI=1S/C28H32F4N6O4S/c1-35-28(7-5-15(6-8-28)25(41)38-10-9-27(31,32)14-38)37(2)26(42)21-23(40)22(39)18(13-36-21)24(34)43-20(33)11-16-3-4-17(29)12-19(16)30/h3-4,12-13,15,33-35,40H,5-11,14H2,1-2H3,(H,36,39). The molecule has 232 valence electrons. The smallest absolute Gasteiger partial charge is 0.275 e. The molecular weight excluding hydrogens is 592 g/mol. The number of benzene rings is 1. The fourth-order valence-corrected chi connectivity index (χ4v) is 6.28.